The Morgan fingerprint density at radius 3 is 2.18 bits per heavy atom. The summed E-state index contributed by atoms with van der Waals surface area (Å²) in [6.07, 6.45) is -0.975. The van der Waals surface area contributed by atoms with Crippen molar-refractivity contribution in [1.82, 2.24) is 10.6 Å². The number of nitrogens with one attached hydrogen (secondary N) is 2. The van der Waals surface area contributed by atoms with Crippen LogP contribution in [0.2, 0.25) is 0 Å². The fourth-order valence-electron chi connectivity index (χ4n) is 1.93. The number of carbonyl (C=O) groups excluding carboxylic acids is 4. The number of carbonyl (C=O) groups is 4. The molecule has 0 saturated heterocycles. The topological polar surface area (TPSA) is 146 Å². The number of ether oxygens (including phenoxy) is 3. The maximum atomic E-state index is 12.1. The van der Waals surface area contributed by atoms with Crippen LogP contribution in [-0.4, -0.2) is 55.8 Å². The fourth-order valence-corrected chi connectivity index (χ4v) is 1.93. The zero-order chi connectivity index (χ0) is 21.1. The number of hydrogen-bond donors (Lipinski definition) is 3. The third-order valence-electron chi connectivity index (χ3n) is 3.57. The predicted octanol–water partition coefficient (Wildman–Crippen LogP) is -0.150. The Labute approximate surface area is 162 Å². The molecule has 1 unspecified atom stereocenters. The van der Waals surface area contributed by atoms with Crippen molar-refractivity contribution in [3.8, 4) is 0 Å². The molecule has 0 aromatic heterocycles. The number of nitrogens with two attached hydrogens (primary N) is 1. The number of amides is 2. The standard InChI is InChI=1S/C18H25N3O7/c1-11(20-16(23)14(19)10-28-18(25)26-3)15(22)21-12(2)17(24)27-9-13-7-5-4-6-8-13/h4-8,11-12,14H,9-10,19H2,1-3H3,(H,20,23)(H,21,22)/t11-,12-,14?/m0/s1. The molecular formula is C18H25N3O7. The molecule has 0 aliphatic heterocycles. The van der Waals surface area contributed by atoms with Crippen LogP contribution in [-0.2, 0) is 35.2 Å². The number of benzene rings is 1. The first-order valence-electron chi connectivity index (χ1n) is 8.52. The first kappa shape index (κ1) is 22.9. The molecule has 0 bridgehead atoms. The molecule has 0 saturated carbocycles. The molecule has 1 aromatic rings. The van der Waals surface area contributed by atoms with Crippen molar-refractivity contribution in [3.05, 3.63) is 35.9 Å². The first-order chi connectivity index (χ1) is 13.2. The Morgan fingerprint density at radius 1 is 0.964 bits per heavy atom. The molecule has 1 aromatic carbocycles. The quantitative estimate of drug-likeness (QED) is 0.489. The molecule has 10 nitrogen and oxygen atoms in total. The van der Waals surface area contributed by atoms with Gasteiger partial charge in [-0.1, -0.05) is 30.3 Å². The second-order valence-corrected chi connectivity index (χ2v) is 5.93. The molecule has 0 aliphatic rings. The normalized spacial score (nSPS) is 13.4. The summed E-state index contributed by atoms with van der Waals surface area (Å²) in [4.78, 5) is 46.9. The van der Waals surface area contributed by atoms with E-state index in [0.29, 0.717) is 0 Å². The van der Waals surface area contributed by atoms with Gasteiger partial charge in [0.2, 0.25) is 11.8 Å². The van der Waals surface area contributed by atoms with Crippen LogP contribution in [0.25, 0.3) is 0 Å². The molecule has 0 radical (unpaired) electrons. The van der Waals surface area contributed by atoms with E-state index in [2.05, 4.69) is 20.1 Å². The number of methoxy groups -OCH3 is 1. The van der Waals surface area contributed by atoms with Crippen molar-refractivity contribution in [3.63, 3.8) is 0 Å². The number of rotatable bonds is 9. The Balaban J connectivity index is 2.40. The van der Waals surface area contributed by atoms with Gasteiger partial charge in [0.1, 0.15) is 31.3 Å². The summed E-state index contributed by atoms with van der Waals surface area (Å²) < 4.78 is 14.0. The maximum Gasteiger partial charge on any atom is 0.508 e. The van der Waals surface area contributed by atoms with Gasteiger partial charge in [-0.15, -0.1) is 0 Å². The van der Waals surface area contributed by atoms with E-state index >= 15 is 0 Å². The molecule has 0 aliphatic carbocycles. The van der Waals surface area contributed by atoms with E-state index in [-0.39, 0.29) is 6.61 Å². The first-order valence-corrected chi connectivity index (χ1v) is 8.52. The lowest BCUT2D eigenvalue weighted by Gasteiger charge is -2.19. The minimum absolute atomic E-state index is 0.0845. The van der Waals surface area contributed by atoms with E-state index in [0.717, 1.165) is 12.7 Å². The SMILES string of the molecule is COC(=O)OCC(N)C(=O)N[C@@H](C)C(=O)N[C@@H](C)C(=O)OCc1ccccc1. The van der Waals surface area contributed by atoms with Crippen molar-refractivity contribution >= 4 is 23.9 Å². The largest absolute Gasteiger partial charge is 0.508 e. The van der Waals surface area contributed by atoms with Crippen molar-refractivity contribution in [2.45, 2.75) is 38.6 Å². The van der Waals surface area contributed by atoms with Crippen LogP contribution in [0.1, 0.15) is 19.4 Å². The minimum atomic E-state index is -1.18. The van der Waals surface area contributed by atoms with Crippen LogP contribution >= 0.6 is 0 Å². The zero-order valence-corrected chi connectivity index (χ0v) is 16.0. The summed E-state index contributed by atoms with van der Waals surface area (Å²) in [5.41, 5.74) is 6.38. The van der Waals surface area contributed by atoms with Gasteiger partial charge in [0, 0.05) is 0 Å². The lowest BCUT2D eigenvalue weighted by Crippen LogP contribution is -2.53. The highest BCUT2D eigenvalue weighted by atomic mass is 16.7. The Kier molecular flexibility index (Phi) is 9.44. The van der Waals surface area contributed by atoms with Gasteiger partial charge in [-0.25, -0.2) is 9.59 Å². The maximum absolute atomic E-state index is 12.1. The Hall–Kier alpha value is -3.14. The molecule has 154 valence electrons. The minimum Gasteiger partial charge on any atom is -0.459 e. The Morgan fingerprint density at radius 2 is 1.57 bits per heavy atom. The smallest absolute Gasteiger partial charge is 0.459 e. The van der Waals surface area contributed by atoms with E-state index < -0.39 is 48.7 Å². The van der Waals surface area contributed by atoms with E-state index in [9.17, 15) is 19.2 Å². The summed E-state index contributed by atoms with van der Waals surface area (Å²) in [7, 11) is 1.12. The summed E-state index contributed by atoms with van der Waals surface area (Å²) in [5, 5.41) is 4.81. The van der Waals surface area contributed by atoms with Crippen molar-refractivity contribution in [2.24, 2.45) is 5.73 Å². The molecule has 2 amide bonds. The highest BCUT2D eigenvalue weighted by Crippen LogP contribution is 2.02. The van der Waals surface area contributed by atoms with Gasteiger partial charge >= 0.3 is 12.1 Å². The monoisotopic (exact) mass is 395 g/mol. The van der Waals surface area contributed by atoms with Gasteiger partial charge in [0.25, 0.3) is 0 Å². The lowest BCUT2D eigenvalue weighted by molar-refractivity contribution is -0.148. The van der Waals surface area contributed by atoms with Crippen molar-refractivity contribution in [2.75, 3.05) is 13.7 Å². The average molecular weight is 395 g/mol. The molecule has 0 fully saturated rings. The van der Waals surface area contributed by atoms with Crippen LogP contribution < -0.4 is 16.4 Å². The molecule has 0 spiro atoms. The van der Waals surface area contributed by atoms with Crippen molar-refractivity contribution < 1.29 is 33.4 Å². The van der Waals surface area contributed by atoms with E-state index in [1.54, 1.807) is 12.1 Å². The van der Waals surface area contributed by atoms with Gasteiger partial charge in [0.05, 0.1) is 7.11 Å². The molecule has 4 N–H and O–H groups in total. The molecule has 28 heavy (non-hydrogen) atoms. The highest BCUT2D eigenvalue weighted by molar-refractivity contribution is 5.91. The molecular weight excluding hydrogens is 370 g/mol. The van der Waals surface area contributed by atoms with Gasteiger partial charge in [-0.2, -0.15) is 0 Å². The predicted molar refractivity (Wildman–Crippen MR) is 97.8 cm³/mol. The fraction of sp³-hybridized carbons (Fsp3) is 0.444. The van der Waals surface area contributed by atoms with Crippen LogP contribution in [0, 0.1) is 0 Å². The zero-order valence-electron chi connectivity index (χ0n) is 16.0. The summed E-state index contributed by atoms with van der Waals surface area (Å²) in [6, 6.07) is 6.04. The summed E-state index contributed by atoms with van der Waals surface area (Å²) in [6.45, 7) is 2.56. The van der Waals surface area contributed by atoms with Crippen LogP contribution in [0.15, 0.2) is 30.3 Å². The second-order valence-electron chi connectivity index (χ2n) is 5.93. The van der Waals surface area contributed by atoms with E-state index in [1.165, 1.54) is 13.8 Å². The van der Waals surface area contributed by atoms with E-state index in [4.69, 9.17) is 10.5 Å². The van der Waals surface area contributed by atoms with Gasteiger partial charge < -0.3 is 30.6 Å². The molecule has 3 atom stereocenters. The molecule has 1 rings (SSSR count). The van der Waals surface area contributed by atoms with Crippen LogP contribution in [0.3, 0.4) is 0 Å². The van der Waals surface area contributed by atoms with Crippen LogP contribution in [0.5, 0.6) is 0 Å². The molecule has 0 heterocycles. The third-order valence-corrected chi connectivity index (χ3v) is 3.57. The Bertz CT molecular complexity index is 681. The summed E-state index contributed by atoms with van der Waals surface area (Å²) >= 11 is 0. The van der Waals surface area contributed by atoms with Gasteiger partial charge in [-0.3, -0.25) is 9.59 Å². The summed E-state index contributed by atoms with van der Waals surface area (Å²) in [5.74, 6) is -1.91. The van der Waals surface area contributed by atoms with Crippen LogP contribution in [0.4, 0.5) is 4.79 Å². The lowest BCUT2D eigenvalue weighted by atomic mass is 10.2. The van der Waals surface area contributed by atoms with Gasteiger partial charge in [0.15, 0.2) is 0 Å². The third kappa shape index (κ3) is 8.04. The number of hydrogen-bond acceptors (Lipinski definition) is 8. The highest BCUT2D eigenvalue weighted by Gasteiger charge is 2.24. The average Bonchev–Trinajstić information content (AvgIpc) is 2.70. The second kappa shape index (κ2) is 11.5. The molecule has 10 heteroatoms. The van der Waals surface area contributed by atoms with Gasteiger partial charge in [-0.05, 0) is 19.4 Å². The van der Waals surface area contributed by atoms with E-state index in [1.807, 2.05) is 18.2 Å². The number of esters is 1. The van der Waals surface area contributed by atoms with Crippen molar-refractivity contribution in [1.29, 1.82) is 0 Å².